The van der Waals surface area contributed by atoms with Crippen LogP contribution in [0.3, 0.4) is 0 Å². The second-order valence-corrected chi connectivity index (χ2v) is 25.8. The Labute approximate surface area is 454 Å². The molecule has 0 bridgehead atoms. The summed E-state index contributed by atoms with van der Waals surface area (Å²) >= 11 is 8.07. The van der Waals surface area contributed by atoms with Crippen LogP contribution in [0.2, 0.25) is 5.02 Å². The molecule has 3 saturated heterocycles. The summed E-state index contributed by atoms with van der Waals surface area (Å²) < 4.78 is 18.8. The number of aliphatic hydroxyl groups excluding tert-OH is 1. The number of methoxy groups -OCH3 is 1. The van der Waals surface area contributed by atoms with Gasteiger partial charge in [0, 0.05) is 77.2 Å². The van der Waals surface area contributed by atoms with E-state index in [9.17, 15) is 29.3 Å². The van der Waals surface area contributed by atoms with Crippen molar-refractivity contribution in [3.8, 4) is 22.3 Å². The minimum Gasteiger partial charge on any atom is -0.494 e. The maximum atomic E-state index is 14.3. The van der Waals surface area contributed by atoms with Gasteiger partial charge in [-0.15, -0.1) is 11.3 Å². The lowest BCUT2D eigenvalue weighted by molar-refractivity contribution is -0.144. The van der Waals surface area contributed by atoms with Crippen LogP contribution in [0.1, 0.15) is 51.3 Å². The van der Waals surface area contributed by atoms with E-state index >= 15 is 0 Å². The highest BCUT2D eigenvalue weighted by molar-refractivity contribution is 7.70. The third-order valence-corrected chi connectivity index (χ3v) is 17.1. The van der Waals surface area contributed by atoms with Crippen LogP contribution in [-0.2, 0) is 18.9 Å². The van der Waals surface area contributed by atoms with E-state index in [0.717, 1.165) is 73.1 Å². The first-order valence-electron chi connectivity index (χ1n) is 25.5. The van der Waals surface area contributed by atoms with Crippen molar-refractivity contribution in [2.45, 2.75) is 65.1 Å². The Morgan fingerprint density at radius 3 is 2.33 bits per heavy atom. The minimum absolute atomic E-state index is 0.0154. The fourth-order valence-electron chi connectivity index (χ4n) is 10.1. The number of carbonyl (C=O) groups excluding carboxylic acids is 3. The number of β-amino-alcohol motifs (C(OH)–C–C–N with tert-alkyl or cyclic N) is 1. The van der Waals surface area contributed by atoms with Gasteiger partial charge in [-0.05, 0) is 80.3 Å². The van der Waals surface area contributed by atoms with Crippen molar-refractivity contribution in [2.75, 3.05) is 107 Å². The van der Waals surface area contributed by atoms with Crippen LogP contribution in [-0.4, -0.2) is 157 Å². The van der Waals surface area contributed by atoms with Gasteiger partial charge < -0.3 is 45.1 Å². The first-order valence-corrected chi connectivity index (χ1v) is 29.4. The number of hydrazine groups is 1. The molecule has 0 aliphatic carbocycles. The Bertz CT molecular complexity index is 2980. The number of benzene rings is 3. The van der Waals surface area contributed by atoms with E-state index < -0.39 is 42.6 Å². The SMILES string of the molecule is COc1cc(N2CCC(CN3CCN(CC(=O)N[C@H](C(=O)N4C[C@H](O)C[C@H]4C(=O)NN(C)c4ccc(-c5scnc5C)cc4)C(C)(C)C)CC3)CC2)c(C#N)cc1Nc1ncc(Cl)c(Nc2ccccc2P(C)(C)=O)n1. The Morgan fingerprint density at radius 1 is 0.987 bits per heavy atom. The van der Waals surface area contributed by atoms with Crippen LogP contribution in [0.4, 0.5) is 34.5 Å². The lowest BCUT2D eigenvalue weighted by atomic mass is 9.85. The molecule has 404 valence electrons. The highest BCUT2D eigenvalue weighted by Crippen LogP contribution is 2.40. The summed E-state index contributed by atoms with van der Waals surface area (Å²) in [6.45, 7) is 16.6. The normalized spacial score (nSPS) is 18.2. The number of nitrogens with zero attached hydrogens (tertiary/aromatic N) is 9. The predicted molar refractivity (Wildman–Crippen MR) is 301 cm³/mol. The Hall–Kier alpha value is -6.33. The number of aromatic nitrogens is 3. The number of nitrogens with one attached hydrogen (secondary N) is 4. The number of hydrogen-bond acceptors (Lipinski definition) is 17. The fourth-order valence-corrected chi connectivity index (χ4v) is 12.2. The molecular formula is C54H69ClN13O6PS. The lowest BCUT2D eigenvalue weighted by Crippen LogP contribution is -2.60. The zero-order valence-corrected chi connectivity index (χ0v) is 46.9. The molecule has 0 radical (unpaired) electrons. The minimum atomic E-state index is -2.61. The van der Waals surface area contributed by atoms with Crippen LogP contribution < -0.4 is 41.3 Å². The number of likely N-dealkylation sites (tertiary alicyclic amines) is 1. The molecule has 3 aliphatic rings. The predicted octanol–water partition coefficient (Wildman–Crippen LogP) is 6.67. The zero-order valence-electron chi connectivity index (χ0n) is 44.5. The van der Waals surface area contributed by atoms with Crippen molar-refractivity contribution >= 4 is 87.6 Å². The smallest absolute Gasteiger partial charge is 0.261 e. The third kappa shape index (κ3) is 13.4. The van der Waals surface area contributed by atoms with Gasteiger partial charge >= 0.3 is 0 Å². The van der Waals surface area contributed by atoms with E-state index in [0.29, 0.717) is 52.8 Å². The second kappa shape index (κ2) is 23.9. The highest BCUT2D eigenvalue weighted by atomic mass is 35.5. The Balaban J connectivity index is 0.805. The number of nitriles is 1. The van der Waals surface area contributed by atoms with Gasteiger partial charge in [-0.1, -0.05) is 56.6 Å². The van der Waals surface area contributed by atoms with Gasteiger partial charge in [0.05, 0.1) is 70.3 Å². The number of rotatable bonds is 17. The largest absolute Gasteiger partial charge is 0.494 e. The zero-order chi connectivity index (χ0) is 54.5. The fraction of sp³-hybridized carbons (Fsp3) is 0.463. The van der Waals surface area contributed by atoms with Crippen LogP contribution in [0.5, 0.6) is 5.75 Å². The summed E-state index contributed by atoms with van der Waals surface area (Å²) in [4.78, 5) is 64.4. The molecule has 0 saturated carbocycles. The van der Waals surface area contributed by atoms with E-state index in [2.05, 4.69) is 57.1 Å². The number of thiazole rings is 1. The molecule has 0 unspecified atom stereocenters. The molecular weight excluding hydrogens is 1030 g/mol. The van der Waals surface area contributed by atoms with Gasteiger partial charge in [-0.2, -0.15) is 10.2 Å². The number of piperidine rings is 1. The van der Waals surface area contributed by atoms with Crippen LogP contribution in [0.15, 0.2) is 72.4 Å². The van der Waals surface area contributed by atoms with Gasteiger partial charge in [0.25, 0.3) is 5.91 Å². The summed E-state index contributed by atoms with van der Waals surface area (Å²) in [7, 11) is 0.697. The van der Waals surface area contributed by atoms with E-state index in [-0.39, 0.29) is 36.4 Å². The van der Waals surface area contributed by atoms with E-state index in [1.165, 1.54) is 11.1 Å². The average molecular weight is 1090 g/mol. The topological polar surface area (TPSA) is 225 Å². The Kier molecular flexibility index (Phi) is 17.6. The monoisotopic (exact) mass is 1090 g/mol. The number of amides is 3. The number of aryl methyl sites for hydroxylation is 1. The van der Waals surface area contributed by atoms with E-state index in [1.54, 1.807) is 49.9 Å². The molecule has 3 aliphatic heterocycles. The van der Waals surface area contributed by atoms with Gasteiger partial charge in [-0.3, -0.25) is 29.7 Å². The molecule has 22 heteroatoms. The first kappa shape index (κ1) is 55.9. The van der Waals surface area contributed by atoms with Crippen molar-refractivity contribution in [3.63, 3.8) is 0 Å². The van der Waals surface area contributed by atoms with Gasteiger partial charge in [0.15, 0.2) is 5.82 Å². The molecule has 76 heavy (non-hydrogen) atoms. The Morgan fingerprint density at radius 2 is 1.68 bits per heavy atom. The standard InChI is InChI=1S/C54H69ClN13O6PS/c1-34-48(76-33-58-34)36-13-15-38(16-14-36)64(5)63-51(71)44-26-39(69)31-68(44)52(72)49(54(2,3)4)61-47(70)32-66-23-21-65(22-24-66)30-35-17-19-67(20-18-35)43-27-45(74-6)42(25-37(43)28-56)60-53-57-29-40(55)50(62-53)59-41-11-9-10-12-46(41)75(7,8)73/h9-16,25,27,29,33,35,39,44,49,69H,17-24,26,30-32H2,1-8H3,(H,61,70)(H,63,71)(H2,57,59,60,62)/t39-,44+,49-/m1/s1. The summed E-state index contributed by atoms with van der Waals surface area (Å²) in [5, 5.41) is 33.1. The summed E-state index contributed by atoms with van der Waals surface area (Å²) in [5.41, 5.74) is 9.17. The number of halogens is 1. The number of para-hydroxylation sites is 1. The van der Waals surface area contributed by atoms with Crippen molar-refractivity contribution in [2.24, 2.45) is 11.3 Å². The van der Waals surface area contributed by atoms with Crippen molar-refractivity contribution in [1.29, 1.82) is 5.26 Å². The highest BCUT2D eigenvalue weighted by Gasteiger charge is 2.45. The van der Waals surface area contributed by atoms with Crippen molar-refractivity contribution in [3.05, 3.63) is 88.7 Å². The average Bonchev–Trinajstić information content (AvgIpc) is 4.01. The van der Waals surface area contributed by atoms with E-state index in [4.69, 9.17) is 16.3 Å². The molecule has 3 atom stereocenters. The summed E-state index contributed by atoms with van der Waals surface area (Å²) in [6, 6.07) is 19.2. The summed E-state index contributed by atoms with van der Waals surface area (Å²) in [6.07, 6.45) is 2.55. The number of hydrogen-bond donors (Lipinski definition) is 5. The second-order valence-electron chi connectivity index (χ2n) is 21.3. The lowest BCUT2D eigenvalue weighted by Gasteiger charge is -2.40. The molecule has 5 aromatic rings. The molecule has 3 amide bonds. The molecule has 19 nitrogen and oxygen atoms in total. The molecule has 8 rings (SSSR count). The maximum absolute atomic E-state index is 14.3. The first-order chi connectivity index (χ1) is 36.2. The molecule has 3 fully saturated rings. The third-order valence-electron chi connectivity index (χ3n) is 14.3. The van der Waals surface area contributed by atoms with Gasteiger partial charge in [0.2, 0.25) is 17.8 Å². The number of piperazine rings is 1. The number of anilines is 6. The molecule has 3 aromatic carbocycles. The molecule has 5 heterocycles. The quantitative estimate of drug-likeness (QED) is 0.0484. The van der Waals surface area contributed by atoms with E-state index in [1.807, 2.05) is 87.8 Å². The number of ether oxygens (including phenoxy) is 1. The molecule has 0 spiro atoms. The molecule has 5 N–H and O–H groups in total. The van der Waals surface area contributed by atoms with Crippen LogP contribution in [0.25, 0.3) is 10.4 Å². The van der Waals surface area contributed by atoms with Crippen LogP contribution >= 0.6 is 30.1 Å². The van der Waals surface area contributed by atoms with Crippen molar-refractivity contribution in [1.82, 2.24) is 40.4 Å². The van der Waals surface area contributed by atoms with Gasteiger partial charge in [-0.25, -0.2) is 9.97 Å². The van der Waals surface area contributed by atoms with Gasteiger partial charge in [0.1, 0.15) is 36.1 Å². The maximum Gasteiger partial charge on any atom is 0.261 e. The van der Waals surface area contributed by atoms with Crippen LogP contribution in [0, 0.1) is 29.6 Å². The molecule has 2 aromatic heterocycles. The number of carbonyl (C=O) groups is 3. The summed E-state index contributed by atoms with van der Waals surface area (Å²) in [5.74, 6) is 0.429. The van der Waals surface area contributed by atoms with Crippen molar-refractivity contribution < 1.29 is 28.8 Å². The number of aliphatic hydroxyl groups is 1.